The minimum atomic E-state index is -1.13. The Hall–Kier alpha value is -3.24. The second-order valence-electron chi connectivity index (χ2n) is 8.85. The smallest absolute Gasteiger partial charge is 0.326 e. The molecule has 0 saturated heterocycles. The molecule has 0 spiro atoms. The maximum absolute atomic E-state index is 13.3. The zero-order valence-corrected chi connectivity index (χ0v) is 21.5. The molecule has 0 bridgehead atoms. The minimum absolute atomic E-state index is 0.01000. The number of carbonyl (C=O) groups excluding carboxylic acids is 2. The van der Waals surface area contributed by atoms with Crippen molar-refractivity contribution >= 4 is 29.5 Å². The summed E-state index contributed by atoms with van der Waals surface area (Å²) in [7, 11) is 0. The summed E-state index contributed by atoms with van der Waals surface area (Å²) in [4.78, 5) is 38.1. The number of phenolic OH excluding ortho intramolecular Hbond substituents is 2. The number of rotatable bonds is 14. The Morgan fingerprint density at radius 1 is 0.944 bits per heavy atom. The number of hydrogen-bond donors (Lipinski definition) is 6. The Kier molecular flexibility index (Phi) is 11.6. The first-order valence-corrected chi connectivity index (χ1v) is 13.1. The van der Waals surface area contributed by atoms with Crippen LogP contribution < -0.4 is 16.0 Å². The van der Waals surface area contributed by atoms with Gasteiger partial charge in [0.1, 0.15) is 23.6 Å². The van der Waals surface area contributed by atoms with Crippen molar-refractivity contribution in [3.63, 3.8) is 0 Å². The molecule has 0 aliphatic heterocycles. The van der Waals surface area contributed by atoms with E-state index in [1.165, 1.54) is 30.0 Å². The minimum Gasteiger partial charge on any atom is -0.508 e. The summed E-state index contributed by atoms with van der Waals surface area (Å²) >= 11 is 1.48. The molecule has 9 nitrogen and oxygen atoms in total. The lowest BCUT2D eigenvalue weighted by Crippen LogP contribution is -2.56. The third-order valence-corrected chi connectivity index (χ3v) is 6.31. The number of aliphatic carboxylic acids is 1. The number of aromatic hydroxyl groups is 2. The highest BCUT2D eigenvalue weighted by Gasteiger charge is 2.30. The molecule has 0 unspecified atom stereocenters. The second kappa shape index (κ2) is 14.4. The zero-order chi connectivity index (χ0) is 26.7. The highest BCUT2D eigenvalue weighted by Crippen LogP contribution is 2.22. The third kappa shape index (κ3) is 9.09. The highest BCUT2D eigenvalue weighted by atomic mass is 32.2. The van der Waals surface area contributed by atoms with E-state index in [9.17, 15) is 29.7 Å². The first-order valence-electron chi connectivity index (χ1n) is 11.7. The molecule has 2 aromatic carbocycles. The molecule has 0 fully saturated rings. The van der Waals surface area contributed by atoms with E-state index in [1.807, 2.05) is 50.4 Å². The molecular weight excluding hydrogens is 482 g/mol. The van der Waals surface area contributed by atoms with Crippen molar-refractivity contribution in [2.24, 2.45) is 5.92 Å². The number of carboxylic acids is 1. The molecule has 2 amide bonds. The van der Waals surface area contributed by atoms with Gasteiger partial charge in [-0.1, -0.05) is 44.2 Å². The molecule has 0 aromatic heterocycles. The van der Waals surface area contributed by atoms with E-state index in [-0.39, 0.29) is 36.8 Å². The second-order valence-corrected chi connectivity index (χ2v) is 9.83. The van der Waals surface area contributed by atoms with E-state index in [4.69, 9.17) is 0 Å². The van der Waals surface area contributed by atoms with E-state index >= 15 is 0 Å². The highest BCUT2D eigenvalue weighted by molar-refractivity contribution is 7.98. The Morgan fingerprint density at radius 2 is 1.61 bits per heavy atom. The van der Waals surface area contributed by atoms with Gasteiger partial charge in [0.05, 0.1) is 6.04 Å². The monoisotopic (exact) mass is 517 g/mol. The number of carbonyl (C=O) groups is 3. The van der Waals surface area contributed by atoms with Crippen LogP contribution in [0.4, 0.5) is 0 Å². The molecule has 10 heteroatoms. The van der Waals surface area contributed by atoms with E-state index in [0.29, 0.717) is 11.3 Å². The van der Waals surface area contributed by atoms with E-state index in [1.54, 1.807) is 0 Å². The van der Waals surface area contributed by atoms with Crippen molar-refractivity contribution in [1.82, 2.24) is 16.0 Å². The van der Waals surface area contributed by atoms with Crippen LogP contribution in [0.15, 0.2) is 48.5 Å². The summed E-state index contributed by atoms with van der Waals surface area (Å²) in [6, 6.07) is 10.5. The van der Waals surface area contributed by atoms with E-state index in [2.05, 4.69) is 16.0 Å². The Balaban J connectivity index is 2.19. The molecule has 0 aliphatic rings. The predicted molar refractivity (Wildman–Crippen MR) is 140 cm³/mol. The summed E-state index contributed by atoms with van der Waals surface area (Å²) in [5, 5.41) is 37.7. The van der Waals surface area contributed by atoms with Crippen molar-refractivity contribution in [3.05, 3.63) is 59.7 Å². The largest absolute Gasteiger partial charge is 0.508 e. The van der Waals surface area contributed by atoms with Gasteiger partial charge in [0, 0.05) is 18.5 Å². The van der Waals surface area contributed by atoms with Gasteiger partial charge in [-0.2, -0.15) is 11.8 Å². The van der Waals surface area contributed by atoms with Gasteiger partial charge in [0.15, 0.2) is 0 Å². The zero-order valence-electron chi connectivity index (χ0n) is 20.7. The van der Waals surface area contributed by atoms with Crippen LogP contribution in [0.3, 0.4) is 0 Å². The fourth-order valence-corrected chi connectivity index (χ4v) is 4.12. The average molecular weight is 518 g/mol. The van der Waals surface area contributed by atoms with E-state index in [0.717, 1.165) is 5.56 Å². The molecule has 0 saturated carbocycles. The molecular formula is C26H35N3O6S. The number of nitrogens with one attached hydrogen (secondary N) is 3. The fraction of sp³-hybridized carbons (Fsp3) is 0.423. The van der Waals surface area contributed by atoms with Gasteiger partial charge in [0.2, 0.25) is 11.8 Å². The lowest BCUT2D eigenvalue weighted by Gasteiger charge is -2.26. The van der Waals surface area contributed by atoms with E-state index < -0.39 is 35.9 Å². The number of phenols is 2. The van der Waals surface area contributed by atoms with Crippen molar-refractivity contribution in [1.29, 1.82) is 0 Å². The molecule has 2 aromatic rings. The number of benzene rings is 2. The van der Waals surface area contributed by atoms with Gasteiger partial charge in [-0.3, -0.25) is 9.59 Å². The SMILES string of the molecule is CSCC[C@H](NC(=O)[C@H](Cc1ccccc1)NC(=O)[C@@H](NCc1cc(O)ccc1O)C(C)C)C(=O)O. The molecule has 3 atom stereocenters. The van der Waals surface area contributed by atoms with Gasteiger partial charge in [-0.15, -0.1) is 0 Å². The molecule has 2 rings (SSSR count). The van der Waals surface area contributed by atoms with Crippen LogP contribution >= 0.6 is 11.8 Å². The predicted octanol–water partition coefficient (Wildman–Crippen LogP) is 2.26. The standard InChI is InChI=1S/C26H35N3O6S/c1-16(2)23(27-15-18-14-19(30)9-10-22(18)31)25(33)29-21(13-17-7-5-4-6-8-17)24(32)28-20(26(34)35)11-12-36-3/h4-10,14,16,20-21,23,27,30-31H,11-13,15H2,1-3H3,(H,28,32)(H,29,33)(H,34,35)/t20-,21-,23-/m0/s1. The van der Waals surface area contributed by atoms with Crippen LogP contribution in [0, 0.1) is 5.92 Å². The number of amides is 2. The summed E-state index contributed by atoms with van der Waals surface area (Å²) in [5.74, 6) is -1.77. The topological polar surface area (TPSA) is 148 Å². The molecule has 0 heterocycles. The first kappa shape index (κ1) is 29.0. The molecule has 0 radical (unpaired) electrons. The number of hydrogen-bond acceptors (Lipinski definition) is 7. The van der Waals surface area contributed by atoms with Crippen molar-refractivity contribution in [2.75, 3.05) is 12.0 Å². The summed E-state index contributed by atoms with van der Waals surface area (Å²) in [6.07, 6.45) is 2.30. The fourth-order valence-electron chi connectivity index (χ4n) is 3.65. The van der Waals surface area contributed by atoms with Crippen molar-refractivity contribution in [2.45, 2.75) is 51.4 Å². The molecule has 6 N–H and O–H groups in total. The Bertz CT molecular complexity index is 1020. The van der Waals surface area contributed by atoms with Crippen LogP contribution in [0.1, 0.15) is 31.4 Å². The van der Waals surface area contributed by atoms with Crippen LogP contribution in [0.25, 0.3) is 0 Å². The van der Waals surface area contributed by atoms with Crippen molar-refractivity contribution in [3.8, 4) is 11.5 Å². The lowest BCUT2D eigenvalue weighted by molar-refractivity contribution is -0.142. The third-order valence-electron chi connectivity index (χ3n) is 5.67. The van der Waals surface area contributed by atoms with Crippen LogP contribution in [0.2, 0.25) is 0 Å². The van der Waals surface area contributed by atoms with Crippen molar-refractivity contribution < 1.29 is 29.7 Å². The number of carboxylic acid groups (broad SMARTS) is 1. The van der Waals surface area contributed by atoms with Crippen LogP contribution in [-0.4, -0.2) is 63.2 Å². The van der Waals surface area contributed by atoms with Gasteiger partial charge in [-0.05, 0) is 48.1 Å². The normalized spacial score (nSPS) is 13.6. The molecule has 36 heavy (non-hydrogen) atoms. The summed E-state index contributed by atoms with van der Waals surface area (Å²) < 4.78 is 0. The first-order chi connectivity index (χ1) is 17.1. The van der Waals surface area contributed by atoms with Crippen LogP contribution in [-0.2, 0) is 27.3 Å². The quantitative estimate of drug-likeness (QED) is 0.209. The van der Waals surface area contributed by atoms with Crippen LogP contribution in [0.5, 0.6) is 11.5 Å². The Labute approximate surface area is 215 Å². The Morgan fingerprint density at radius 3 is 2.22 bits per heavy atom. The average Bonchev–Trinajstić information content (AvgIpc) is 2.83. The van der Waals surface area contributed by atoms with Gasteiger partial charge in [-0.25, -0.2) is 4.79 Å². The maximum atomic E-state index is 13.3. The van der Waals surface area contributed by atoms with Gasteiger partial charge < -0.3 is 31.3 Å². The number of thioether (sulfide) groups is 1. The van der Waals surface area contributed by atoms with Gasteiger partial charge in [0.25, 0.3) is 0 Å². The lowest BCUT2D eigenvalue weighted by atomic mass is 10.00. The summed E-state index contributed by atoms with van der Waals surface area (Å²) in [5.41, 5.74) is 1.23. The maximum Gasteiger partial charge on any atom is 0.326 e. The van der Waals surface area contributed by atoms with Gasteiger partial charge >= 0.3 is 5.97 Å². The summed E-state index contributed by atoms with van der Waals surface area (Å²) in [6.45, 7) is 3.80. The molecule has 196 valence electrons. The molecule has 0 aliphatic carbocycles.